The summed E-state index contributed by atoms with van der Waals surface area (Å²) in [5, 5.41) is 15.1. The molecule has 0 fully saturated rings. The number of pyridine rings is 1. The molecule has 7 heteroatoms. The van der Waals surface area contributed by atoms with Crippen LogP contribution in [0.5, 0.6) is 0 Å². The summed E-state index contributed by atoms with van der Waals surface area (Å²) in [5.41, 5.74) is 0.852. The summed E-state index contributed by atoms with van der Waals surface area (Å²) in [5.74, 6) is 0.823. The first-order valence-corrected chi connectivity index (χ1v) is 6.49. The van der Waals surface area contributed by atoms with Crippen molar-refractivity contribution in [1.82, 2.24) is 4.98 Å². The minimum atomic E-state index is -0.471. The lowest BCUT2D eigenvalue weighted by molar-refractivity contribution is -0.384. The highest BCUT2D eigenvalue weighted by atomic mass is 35.5. The first-order valence-electron chi connectivity index (χ1n) is 6.11. The fourth-order valence-corrected chi connectivity index (χ4v) is 2.25. The van der Waals surface area contributed by atoms with Crippen LogP contribution >= 0.6 is 11.6 Å². The van der Waals surface area contributed by atoms with E-state index in [0.717, 1.165) is 5.39 Å². The Morgan fingerprint density at radius 3 is 2.81 bits per heavy atom. The Hall–Kier alpha value is -2.60. The van der Waals surface area contributed by atoms with E-state index in [1.165, 1.54) is 12.1 Å². The molecule has 3 aromatic rings. The second-order valence-electron chi connectivity index (χ2n) is 4.37. The van der Waals surface area contributed by atoms with E-state index in [1.807, 2.05) is 12.1 Å². The summed E-state index contributed by atoms with van der Waals surface area (Å²) in [4.78, 5) is 14.8. The maximum atomic E-state index is 11.0. The van der Waals surface area contributed by atoms with Crippen LogP contribution in [0.3, 0.4) is 0 Å². The largest absolute Gasteiger partial charge is 0.453 e. The van der Waals surface area contributed by atoms with Gasteiger partial charge in [0.1, 0.15) is 11.5 Å². The molecule has 106 valence electrons. The fourth-order valence-electron chi connectivity index (χ4n) is 2.03. The Balaban J connectivity index is 2.19. The van der Waals surface area contributed by atoms with Crippen molar-refractivity contribution in [2.75, 3.05) is 12.4 Å². The molecule has 0 saturated heterocycles. The van der Waals surface area contributed by atoms with Gasteiger partial charge in [-0.2, -0.15) is 0 Å². The van der Waals surface area contributed by atoms with Crippen LogP contribution in [-0.4, -0.2) is 17.0 Å². The van der Waals surface area contributed by atoms with Crippen molar-refractivity contribution in [1.29, 1.82) is 0 Å². The van der Waals surface area contributed by atoms with Gasteiger partial charge in [-0.15, -0.1) is 0 Å². The van der Waals surface area contributed by atoms with Gasteiger partial charge in [-0.25, -0.2) is 4.98 Å². The molecular formula is C14H10ClN3O3. The van der Waals surface area contributed by atoms with Crippen LogP contribution in [0.1, 0.15) is 0 Å². The second-order valence-corrected chi connectivity index (χ2v) is 4.78. The molecule has 0 amide bonds. The molecule has 21 heavy (non-hydrogen) atoms. The molecule has 6 nitrogen and oxygen atoms in total. The summed E-state index contributed by atoms with van der Waals surface area (Å²) < 4.78 is 5.67. The summed E-state index contributed by atoms with van der Waals surface area (Å²) in [6.45, 7) is 0. The smallest absolute Gasteiger partial charge is 0.275 e. The molecule has 0 radical (unpaired) electrons. The van der Waals surface area contributed by atoms with E-state index in [0.29, 0.717) is 27.9 Å². The van der Waals surface area contributed by atoms with Crippen molar-refractivity contribution < 1.29 is 9.34 Å². The number of para-hydroxylation sites is 1. The van der Waals surface area contributed by atoms with E-state index in [2.05, 4.69) is 10.3 Å². The molecule has 2 aromatic heterocycles. The van der Waals surface area contributed by atoms with Gasteiger partial charge in [0.2, 0.25) is 0 Å². The Kier molecular flexibility index (Phi) is 3.23. The standard InChI is InChI=1S/C14H10ClN3O3/c1-16-13-7-9(18(19)20)6-11(17-13)12-5-8-3-2-4-10(15)14(8)21-12/h2-7H,1H3,(H,16,17). The zero-order valence-electron chi connectivity index (χ0n) is 11.0. The average molecular weight is 304 g/mol. The Morgan fingerprint density at radius 2 is 2.14 bits per heavy atom. The number of nitro groups is 1. The molecular weight excluding hydrogens is 294 g/mol. The van der Waals surface area contributed by atoms with Gasteiger partial charge in [0, 0.05) is 18.5 Å². The highest BCUT2D eigenvalue weighted by Crippen LogP contribution is 2.33. The van der Waals surface area contributed by atoms with Crippen molar-refractivity contribution in [3.8, 4) is 11.5 Å². The third kappa shape index (κ3) is 2.41. The number of fused-ring (bicyclic) bond motifs is 1. The number of aromatic nitrogens is 1. The number of furan rings is 1. The van der Waals surface area contributed by atoms with Crippen molar-refractivity contribution in [3.63, 3.8) is 0 Å². The second kappa shape index (κ2) is 5.06. The van der Waals surface area contributed by atoms with Gasteiger partial charge in [0.05, 0.1) is 16.0 Å². The summed E-state index contributed by atoms with van der Waals surface area (Å²) >= 11 is 6.06. The molecule has 2 heterocycles. The van der Waals surface area contributed by atoms with Crippen molar-refractivity contribution in [2.24, 2.45) is 0 Å². The molecule has 0 atom stereocenters. The molecule has 0 aliphatic rings. The van der Waals surface area contributed by atoms with E-state index < -0.39 is 4.92 Å². The minimum Gasteiger partial charge on any atom is -0.453 e. The predicted molar refractivity (Wildman–Crippen MR) is 80.7 cm³/mol. The number of benzene rings is 1. The van der Waals surface area contributed by atoms with Crippen molar-refractivity contribution in [2.45, 2.75) is 0 Å². The lowest BCUT2D eigenvalue weighted by Gasteiger charge is -2.02. The van der Waals surface area contributed by atoms with Gasteiger partial charge in [-0.1, -0.05) is 23.7 Å². The van der Waals surface area contributed by atoms with Gasteiger partial charge in [-0.3, -0.25) is 10.1 Å². The van der Waals surface area contributed by atoms with Gasteiger partial charge >= 0.3 is 0 Å². The zero-order chi connectivity index (χ0) is 15.0. The molecule has 3 rings (SSSR count). The van der Waals surface area contributed by atoms with Crippen LogP contribution in [0.2, 0.25) is 5.02 Å². The van der Waals surface area contributed by atoms with E-state index >= 15 is 0 Å². The topological polar surface area (TPSA) is 81.2 Å². The third-order valence-electron chi connectivity index (χ3n) is 3.03. The monoisotopic (exact) mass is 303 g/mol. The van der Waals surface area contributed by atoms with Crippen LogP contribution in [0, 0.1) is 10.1 Å². The first-order chi connectivity index (χ1) is 10.1. The van der Waals surface area contributed by atoms with Crippen LogP contribution in [-0.2, 0) is 0 Å². The molecule has 0 aliphatic heterocycles. The average Bonchev–Trinajstić information content (AvgIpc) is 2.92. The SMILES string of the molecule is CNc1cc([N+](=O)[O-])cc(-c2cc3cccc(Cl)c3o2)n1. The number of anilines is 1. The molecule has 0 unspecified atom stereocenters. The fraction of sp³-hybridized carbons (Fsp3) is 0.0714. The molecule has 0 spiro atoms. The number of nitrogens with one attached hydrogen (secondary N) is 1. The quantitative estimate of drug-likeness (QED) is 0.582. The Morgan fingerprint density at radius 1 is 1.33 bits per heavy atom. The molecule has 1 N–H and O–H groups in total. The van der Waals surface area contributed by atoms with E-state index in [1.54, 1.807) is 19.2 Å². The maximum Gasteiger partial charge on any atom is 0.275 e. The number of halogens is 1. The van der Waals surface area contributed by atoms with Crippen LogP contribution < -0.4 is 5.32 Å². The first kappa shape index (κ1) is 13.4. The van der Waals surface area contributed by atoms with Gasteiger partial charge in [0.25, 0.3) is 5.69 Å². The van der Waals surface area contributed by atoms with E-state index in [4.69, 9.17) is 16.0 Å². The predicted octanol–water partition coefficient (Wildman–Crippen LogP) is 4.10. The van der Waals surface area contributed by atoms with Crippen molar-refractivity contribution >= 4 is 34.1 Å². The third-order valence-corrected chi connectivity index (χ3v) is 3.32. The van der Waals surface area contributed by atoms with Crippen LogP contribution in [0.25, 0.3) is 22.4 Å². The summed E-state index contributed by atoms with van der Waals surface area (Å²) in [6.07, 6.45) is 0. The highest BCUT2D eigenvalue weighted by Gasteiger charge is 2.15. The molecule has 0 saturated carbocycles. The maximum absolute atomic E-state index is 11.0. The summed E-state index contributed by atoms with van der Waals surface area (Å²) in [6, 6.07) is 9.86. The lowest BCUT2D eigenvalue weighted by atomic mass is 10.2. The van der Waals surface area contributed by atoms with Crippen molar-refractivity contribution in [3.05, 3.63) is 51.5 Å². The molecule has 1 aromatic carbocycles. The molecule has 0 aliphatic carbocycles. The number of rotatable bonds is 3. The number of hydrogen-bond donors (Lipinski definition) is 1. The lowest BCUT2D eigenvalue weighted by Crippen LogP contribution is -1.97. The van der Waals surface area contributed by atoms with Gasteiger partial charge in [-0.05, 0) is 12.1 Å². The Labute approximate surface area is 124 Å². The van der Waals surface area contributed by atoms with Crippen LogP contribution in [0.4, 0.5) is 11.5 Å². The van der Waals surface area contributed by atoms with E-state index in [9.17, 15) is 10.1 Å². The Bertz CT molecular complexity index is 845. The van der Waals surface area contributed by atoms with Gasteiger partial charge in [0.15, 0.2) is 11.3 Å². The molecule has 0 bridgehead atoms. The number of nitrogens with zero attached hydrogens (tertiary/aromatic N) is 2. The highest BCUT2D eigenvalue weighted by molar-refractivity contribution is 6.34. The minimum absolute atomic E-state index is 0.0593. The zero-order valence-corrected chi connectivity index (χ0v) is 11.7. The van der Waals surface area contributed by atoms with E-state index in [-0.39, 0.29) is 5.69 Å². The normalized spacial score (nSPS) is 10.8. The summed E-state index contributed by atoms with van der Waals surface area (Å²) in [7, 11) is 1.64. The van der Waals surface area contributed by atoms with Gasteiger partial charge < -0.3 is 9.73 Å². The number of hydrogen-bond acceptors (Lipinski definition) is 5. The van der Waals surface area contributed by atoms with Crippen LogP contribution in [0.15, 0.2) is 40.8 Å².